The van der Waals surface area contributed by atoms with E-state index in [1.165, 1.54) is 0 Å². The number of hydrogen-bond donors (Lipinski definition) is 0. The number of sulfone groups is 1. The minimum Gasteiger partial charge on any atom is -0.497 e. The predicted molar refractivity (Wildman–Crippen MR) is 132 cm³/mol. The van der Waals surface area contributed by atoms with Crippen LogP contribution in [0.25, 0.3) is 0 Å². The van der Waals surface area contributed by atoms with Crippen LogP contribution < -0.4 is 4.74 Å². The first-order valence-electron chi connectivity index (χ1n) is 10.7. The fourth-order valence-electron chi connectivity index (χ4n) is 3.41. The lowest BCUT2D eigenvalue weighted by Crippen LogP contribution is -2.22. The lowest BCUT2D eigenvalue weighted by Gasteiger charge is -2.30. The molecule has 3 rings (SSSR count). The quantitative estimate of drug-likeness (QED) is 0.270. The van der Waals surface area contributed by atoms with Crippen LogP contribution in [0.5, 0.6) is 5.75 Å². The summed E-state index contributed by atoms with van der Waals surface area (Å²) < 4.78 is 35.7. The maximum atomic E-state index is 13.0. The first-order chi connectivity index (χ1) is 15.8. The molecule has 0 heterocycles. The Morgan fingerprint density at radius 3 is 2.15 bits per heavy atom. The van der Waals surface area contributed by atoms with Crippen LogP contribution in [-0.4, -0.2) is 33.9 Å². The smallest absolute Gasteiger partial charge is 0.338 e. The maximum Gasteiger partial charge on any atom is 0.338 e. The molecule has 0 amide bonds. The van der Waals surface area contributed by atoms with Crippen molar-refractivity contribution in [2.75, 3.05) is 19.5 Å². The van der Waals surface area contributed by atoms with Gasteiger partial charge in [0.2, 0.25) is 0 Å². The molecule has 0 aliphatic carbocycles. The average molecular weight is 485 g/mol. The lowest BCUT2D eigenvalue weighted by atomic mass is 9.96. The molecule has 3 aromatic carbocycles. The van der Waals surface area contributed by atoms with E-state index in [1.807, 2.05) is 43.3 Å². The predicted octanol–water partition coefficient (Wildman–Crippen LogP) is 5.74. The van der Waals surface area contributed by atoms with Gasteiger partial charge in [-0.3, -0.25) is 0 Å². The van der Waals surface area contributed by atoms with Gasteiger partial charge in [-0.1, -0.05) is 30.3 Å². The molecule has 0 radical (unpaired) electrons. The van der Waals surface area contributed by atoms with Gasteiger partial charge in [0, 0.05) is 9.64 Å². The average Bonchev–Trinajstić information content (AvgIpc) is 2.84. The van der Waals surface area contributed by atoms with E-state index in [0.717, 1.165) is 16.2 Å². The molecule has 0 N–H and O–H groups in total. The van der Waals surface area contributed by atoms with Gasteiger partial charge < -0.3 is 9.47 Å². The highest BCUT2D eigenvalue weighted by atomic mass is 32.2. The Bertz CT molecular complexity index is 1160. The third kappa shape index (κ3) is 6.39. The zero-order chi connectivity index (χ0) is 23.9. The number of benzene rings is 3. The number of esters is 1. The Kier molecular flexibility index (Phi) is 8.21. The van der Waals surface area contributed by atoms with Crippen molar-refractivity contribution < 1.29 is 22.7 Å². The molecular weight excluding hydrogens is 456 g/mol. The zero-order valence-corrected chi connectivity index (χ0v) is 20.6. The Morgan fingerprint density at radius 2 is 1.58 bits per heavy atom. The summed E-state index contributed by atoms with van der Waals surface area (Å²) in [6, 6.07) is 23.4. The van der Waals surface area contributed by atoms with E-state index in [-0.39, 0.29) is 11.7 Å². The summed E-state index contributed by atoms with van der Waals surface area (Å²) in [6.45, 7) is 4.10. The second-order valence-corrected chi connectivity index (χ2v) is 11.4. The van der Waals surface area contributed by atoms with E-state index in [0.29, 0.717) is 23.5 Å². The largest absolute Gasteiger partial charge is 0.497 e. The normalized spacial score (nSPS) is 13.2. The summed E-state index contributed by atoms with van der Waals surface area (Å²) in [6.07, 6.45) is 0.389. The Labute approximate surface area is 200 Å². The molecule has 0 fully saturated rings. The van der Waals surface area contributed by atoms with Gasteiger partial charge in [0.1, 0.15) is 5.75 Å². The number of thioether (sulfide) groups is 1. The minimum atomic E-state index is -3.44. The molecule has 0 aliphatic rings. The summed E-state index contributed by atoms with van der Waals surface area (Å²) in [4.78, 5) is 13.4. The van der Waals surface area contributed by atoms with E-state index in [4.69, 9.17) is 9.47 Å². The van der Waals surface area contributed by atoms with Gasteiger partial charge in [-0.25, -0.2) is 13.2 Å². The van der Waals surface area contributed by atoms with Gasteiger partial charge in [-0.05, 0) is 74.4 Å². The van der Waals surface area contributed by atoms with Gasteiger partial charge >= 0.3 is 5.97 Å². The van der Waals surface area contributed by atoms with Crippen LogP contribution in [0.15, 0.2) is 88.7 Å². The molecule has 0 spiro atoms. The van der Waals surface area contributed by atoms with Gasteiger partial charge in [-0.2, -0.15) is 0 Å². The second-order valence-electron chi connectivity index (χ2n) is 7.69. The monoisotopic (exact) mass is 484 g/mol. The summed E-state index contributed by atoms with van der Waals surface area (Å²) in [5, 5.41) is 0. The molecule has 1 atom stereocenters. The molecule has 174 valence electrons. The molecule has 1 unspecified atom stereocenters. The van der Waals surface area contributed by atoms with Crippen LogP contribution in [0.4, 0.5) is 0 Å². The van der Waals surface area contributed by atoms with Gasteiger partial charge in [0.25, 0.3) is 0 Å². The highest BCUT2D eigenvalue weighted by Crippen LogP contribution is 2.45. The number of hydrogen-bond acceptors (Lipinski definition) is 6. The van der Waals surface area contributed by atoms with Crippen molar-refractivity contribution in [3.05, 3.63) is 90.0 Å². The highest BCUT2D eigenvalue weighted by Gasteiger charge is 2.31. The highest BCUT2D eigenvalue weighted by molar-refractivity contribution is 8.00. The molecule has 7 heteroatoms. The van der Waals surface area contributed by atoms with Crippen LogP contribution >= 0.6 is 11.8 Å². The number of carbonyl (C=O) groups excluding carboxylic acids is 1. The molecule has 33 heavy (non-hydrogen) atoms. The fourth-order valence-corrected chi connectivity index (χ4v) is 6.27. The molecule has 0 saturated carbocycles. The van der Waals surface area contributed by atoms with Crippen molar-refractivity contribution in [3.8, 4) is 5.75 Å². The Hall–Kier alpha value is -2.77. The number of methoxy groups -OCH3 is 1. The maximum absolute atomic E-state index is 13.0. The molecular formula is C26H28O5S2. The summed E-state index contributed by atoms with van der Waals surface area (Å²) in [5.41, 5.74) is 1.40. The fraction of sp³-hybridized carbons (Fsp3) is 0.269. The van der Waals surface area contributed by atoms with Crippen molar-refractivity contribution >= 4 is 27.6 Å². The van der Waals surface area contributed by atoms with E-state index in [9.17, 15) is 13.2 Å². The van der Waals surface area contributed by atoms with Gasteiger partial charge in [0.05, 0.1) is 29.9 Å². The number of rotatable bonds is 10. The van der Waals surface area contributed by atoms with E-state index in [1.54, 1.807) is 68.3 Å². The molecule has 3 aromatic rings. The zero-order valence-electron chi connectivity index (χ0n) is 19.0. The summed E-state index contributed by atoms with van der Waals surface area (Å²) in [5.74, 6) is 0.378. The third-order valence-corrected chi connectivity index (χ3v) is 8.49. The Balaban J connectivity index is 1.90. The van der Waals surface area contributed by atoms with Crippen molar-refractivity contribution in [2.45, 2.75) is 34.8 Å². The summed E-state index contributed by atoms with van der Waals surface area (Å²) >= 11 is 1.59. The standard InChI is InChI=1S/C26H28O5S2/c1-4-31-25(27)20-10-12-21(13-11-20)26(2,32-23-16-14-22(30-3)15-17-23)18-19-33(28,29)24-8-6-5-7-9-24/h5-17H,4,18-19H2,1-3H3. The Morgan fingerprint density at radius 1 is 0.939 bits per heavy atom. The number of ether oxygens (including phenoxy) is 2. The van der Waals surface area contributed by atoms with E-state index >= 15 is 0 Å². The van der Waals surface area contributed by atoms with Crippen LogP contribution in [0.2, 0.25) is 0 Å². The third-order valence-electron chi connectivity index (χ3n) is 5.36. The molecule has 0 bridgehead atoms. The second kappa shape index (κ2) is 10.9. The van der Waals surface area contributed by atoms with Crippen LogP contribution in [0.1, 0.15) is 36.2 Å². The molecule has 0 aliphatic heterocycles. The van der Waals surface area contributed by atoms with Crippen LogP contribution in [0.3, 0.4) is 0 Å². The van der Waals surface area contributed by atoms with Crippen molar-refractivity contribution in [3.63, 3.8) is 0 Å². The van der Waals surface area contributed by atoms with Crippen molar-refractivity contribution in [1.29, 1.82) is 0 Å². The van der Waals surface area contributed by atoms with Crippen molar-refractivity contribution in [1.82, 2.24) is 0 Å². The first-order valence-corrected chi connectivity index (χ1v) is 13.1. The SMILES string of the molecule is CCOC(=O)c1ccc(C(C)(CCS(=O)(=O)c2ccccc2)Sc2ccc(OC)cc2)cc1. The first kappa shape index (κ1) is 24.9. The van der Waals surface area contributed by atoms with Gasteiger partial charge in [-0.15, -0.1) is 11.8 Å². The number of carbonyl (C=O) groups is 1. The van der Waals surface area contributed by atoms with Gasteiger partial charge in [0.15, 0.2) is 9.84 Å². The molecule has 0 aromatic heterocycles. The van der Waals surface area contributed by atoms with Crippen LogP contribution in [-0.2, 0) is 19.3 Å². The van der Waals surface area contributed by atoms with Crippen LogP contribution in [0, 0.1) is 0 Å². The molecule has 5 nitrogen and oxygen atoms in total. The van der Waals surface area contributed by atoms with E-state index < -0.39 is 14.6 Å². The lowest BCUT2D eigenvalue weighted by molar-refractivity contribution is 0.0526. The minimum absolute atomic E-state index is 0.00367. The molecule has 0 saturated heterocycles. The van der Waals surface area contributed by atoms with Crippen molar-refractivity contribution in [2.24, 2.45) is 0 Å². The van der Waals surface area contributed by atoms with E-state index in [2.05, 4.69) is 0 Å². The topological polar surface area (TPSA) is 69.7 Å². The summed E-state index contributed by atoms with van der Waals surface area (Å²) in [7, 11) is -1.82.